The minimum Gasteiger partial charge on any atom is -0.733 e. The molecular weight excluding hydrogens is 400 g/mol. The van der Waals surface area contributed by atoms with E-state index in [1.807, 2.05) is 24.3 Å². The number of benzene rings is 2. The third kappa shape index (κ3) is 4.36. The molecule has 1 unspecified atom stereocenters. The molecular formula is C21H17N6O2S-. The molecule has 8 nitrogen and oxygen atoms in total. The molecule has 0 saturated carbocycles. The zero-order chi connectivity index (χ0) is 20.9. The summed E-state index contributed by atoms with van der Waals surface area (Å²) in [6.07, 6.45) is 2.30. The summed E-state index contributed by atoms with van der Waals surface area (Å²) in [6, 6.07) is 18.5. The fourth-order valence-electron chi connectivity index (χ4n) is 2.99. The summed E-state index contributed by atoms with van der Waals surface area (Å²) >= 11 is 1.49. The Labute approximate surface area is 176 Å². The van der Waals surface area contributed by atoms with Crippen molar-refractivity contribution in [2.45, 2.75) is 12.3 Å². The minimum atomic E-state index is -0.563. The van der Waals surface area contributed by atoms with Crippen LogP contribution in [0.4, 0.5) is 11.6 Å². The highest BCUT2D eigenvalue weighted by Gasteiger charge is 2.20. The fraction of sp³-hybridized carbons (Fsp3) is 0.143. The van der Waals surface area contributed by atoms with Gasteiger partial charge in [0, 0.05) is 12.7 Å². The average Bonchev–Trinajstić information content (AvgIpc) is 3.19. The van der Waals surface area contributed by atoms with Crippen LogP contribution in [0.1, 0.15) is 22.2 Å². The molecule has 150 valence electrons. The number of fused-ring (bicyclic) bond motifs is 1. The van der Waals surface area contributed by atoms with E-state index in [2.05, 4.69) is 26.3 Å². The van der Waals surface area contributed by atoms with Crippen molar-refractivity contribution in [3.05, 3.63) is 82.3 Å². The van der Waals surface area contributed by atoms with E-state index in [1.54, 1.807) is 36.5 Å². The summed E-state index contributed by atoms with van der Waals surface area (Å²) in [5.41, 5.74) is 2.64. The van der Waals surface area contributed by atoms with Gasteiger partial charge in [-0.05, 0) is 42.3 Å². The standard InChI is InChI=1S/C21H17N6O2S/c22-13-16(20-25-18-3-1-2-4-19(18)30-20)17-10-12-24-21(26-17)23-11-9-14-5-7-15(8-6-14)27(28)29/h1-8,10,12,16,28H,9,11H2,(H,23,24,26)/q-1. The summed E-state index contributed by atoms with van der Waals surface area (Å²) in [7, 11) is 0. The van der Waals surface area contributed by atoms with Crippen molar-refractivity contribution in [3.8, 4) is 6.07 Å². The first-order valence-corrected chi connectivity index (χ1v) is 10.0. The number of hydrogen-bond acceptors (Lipinski definition) is 9. The molecule has 0 radical (unpaired) electrons. The van der Waals surface area contributed by atoms with Crippen LogP contribution in [0.5, 0.6) is 0 Å². The lowest BCUT2D eigenvalue weighted by Gasteiger charge is -2.21. The second-order valence-electron chi connectivity index (χ2n) is 6.50. The van der Waals surface area contributed by atoms with Gasteiger partial charge in [-0.2, -0.15) is 5.26 Å². The fourth-order valence-corrected chi connectivity index (χ4v) is 4.01. The minimum absolute atomic E-state index is 0.168. The van der Waals surface area contributed by atoms with Crippen molar-refractivity contribution in [2.24, 2.45) is 0 Å². The molecule has 2 aromatic carbocycles. The van der Waals surface area contributed by atoms with Gasteiger partial charge in [-0.15, -0.1) is 11.3 Å². The Bertz CT molecular complexity index is 1150. The number of para-hydroxylation sites is 1. The molecule has 2 heterocycles. The van der Waals surface area contributed by atoms with E-state index in [0.717, 1.165) is 15.8 Å². The van der Waals surface area contributed by atoms with Crippen molar-refractivity contribution in [2.75, 3.05) is 17.1 Å². The van der Waals surface area contributed by atoms with Gasteiger partial charge in [0.1, 0.15) is 10.9 Å². The van der Waals surface area contributed by atoms with E-state index >= 15 is 0 Å². The molecule has 0 amide bonds. The molecule has 2 N–H and O–H groups in total. The lowest BCUT2D eigenvalue weighted by atomic mass is 10.1. The largest absolute Gasteiger partial charge is 0.733 e. The normalized spacial score (nSPS) is 11.8. The van der Waals surface area contributed by atoms with Gasteiger partial charge in [-0.25, -0.2) is 15.0 Å². The molecule has 2 aromatic heterocycles. The molecule has 0 aliphatic carbocycles. The van der Waals surface area contributed by atoms with Crippen molar-refractivity contribution in [3.63, 3.8) is 0 Å². The molecule has 9 heteroatoms. The topological polar surface area (TPSA) is 121 Å². The number of aromatic nitrogens is 3. The Morgan fingerprint density at radius 1 is 1.13 bits per heavy atom. The van der Waals surface area contributed by atoms with Crippen molar-refractivity contribution >= 4 is 33.2 Å². The number of nitrogens with one attached hydrogen (secondary N) is 1. The molecule has 4 aromatic rings. The number of rotatable bonds is 7. The highest BCUT2D eigenvalue weighted by atomic mass is 32.1. The Kier molecular flexibility index (Phi) is 5.81. The van der Waals surface area contributed by atoms with Gasteiger partial charge < -0.3 is 15.8 Å². The summed E-state index contributed by atoms with van der Waals surface area (Å²) in [6.45, 7) is 0.571. The third-order valence-corrected chi connectivity index (χ3v) is 5.61. The van der Waals surface area contributed by atoms with Crippen LogP contribution in [-0.2, 0) is 6.42 Å². The Morgan fingerprint density at radius 3 is 2.67 bits per heavy atom. The van der Waals surface area contributed by atoms with Crippen LogP contribution in [0.3, 0.4) is 0 Å². The van der Waals surface area contributed by atoms with Gasteiger partial charge in [-0.1, -0.05) is 24.3 Å². The van der Waals surface area contributed by atoms with E-state index in [1.165, 1.54) is 11.3 Å². The van der Waals surface area contributed by atoms with E-state index < -0.39 is 5.92 Å². The van der Waals surface area contributed by atoms with Gasteiger partial charge >= 0.3 is 0 Å². The van der Waals surface area contributed by atoms with Gasteiger partial charge in [0.25, 0.3) is 0 Å². The molecule has 0 spiro atoms. The Hall–Kier alpha value is -3.58. The molecule has 1 atom stereocenters. The van der Waals surface area contributed by atoms with E-state index in [0.29, 0.717) is 29.6 Å². The average molecular weight is 417 g/mol. The van der Waals surface area contributed by atoms with Crippen molar-refractivity contribution < 1.29 is 5.21 Å². The number of nitriles is 1. The van der Waals surface area contributed by atoms with Crippen LogP contribution < -0.4 is 10.5 Å². The van der Waals surface area contributed by atoms with Crippen LogP contribution in [0.2, 0.25) is 0 Å². The van der Waals surface area contributed by atoms with Crippen LogP contribution in [-0.4, -0.2) is 26.7 Å². The molecule has 0 aliphatic heterocycles. The Balaban J connectivity index is 1.44. The zero-order valence-electron chi connectivity index (χ0n) is 15.8. The maximum Gasteiger partial charge on any atom is 0.222 e. The number of thiazole rings is 1. The van der Waals surface area contributed by atoms with Crippen LogP contribution in [0.15, 0.2) is 60.8 Å². The molecule has 0 bridgehead atoms. The molecule has 30 heavy (non-hydrogen) atoms. The number of anilines is 2. The maximum atomic E-state index is 10.8. The lowest BCUT2D eigenvalue weighted by molar-refractivity contribution is 0.296. The summed E-state index contributed by atoms with van der Waals surface area (Å²) in [4.78, 5) is 13.3. The van der Waals surface area contributed by atoms with Gasteiger partial charge in [-0.3, -0.25) is 5.21 Å². The van der Waals surface area contributed by atoms with Crippen LogP contribution in [0.25, 0.3) is 10.2 Å². The molecule has 0 fully saturated rings. The van der Waals surface area contributed by atoms with E-state index in [9.17, 15) is 10.5 Å². The van der Waals surface area contributed by atoms with Crippen LogP contribution in [0, 0.1) is 16.5 Å². The van der Waals surface area contributed by atoms with Gasteiger partial charge in [0.2, 0.25) is 5.95 Å². The van der Waals surface area contributed by atoms with E-state index in [-0.39, 0.29) is 10.9 Å². The predicted molar refractivity (Wildman–Crippen MR) is 115 cm³/mol. The summed E-state index contributed by atoms with van der Waals surface area (Å²) < 4.78 is 1.03. The molecule has 0 saturated heterocycles. The van der Waals surface area contributed by atoms with Crippen LogP contribution >= 0.6 is 11.3 Å². The third-order valence-electron chi connectivity index (χ3n) is 4.51. The summed E-state index contributed by atoms with van der Waals surface area (Å²) in [5, 5.41) is 33.1. The Morgan fingerprint density at radius 2 is 1.93 bits per heavy atom. The number of hydrogen-bond donors (Lipinski definition) is 2. The zero-order valence-corrected chi connectivity index (χ0v) is 16.6. The molecule has 0 aliphatic rings. The summed E-state index contributed by atoms with van der Waals surface area (Å²) in [5.74, 6) is -0.126. The predicted octanol–water partition coefficient (Wildman–Crippen LogP) is 4.09. The maximum absolute atomic E-state index is 10.8. The number of nitrogens with zero attached hydrogens (tertiary/aromatic N) is 5. The highest BCUT2D eigenvalue weighted by Crippen LogP contribution is 2.30. The first-order valence-electron chi connectivity index (χ1n) is 9.21. The first kappa shape index (κ1) is 19.7. The quantitative estimate of drug-likeness (QED) is 0.431. The molecule has 4 rings (SSSR count). The van der Waals surface area contributed by atoms with Gasteiger partial charge in [0.15, 0.2) is 0 Å². The second-order valence-corrected chi connectivity index (χ2v) is 7.57. The highest BCUT2D eigenvalue weighted by molar-refractivity contribution is 7.18. The monoisotopic (exact) mass is 417 g/mol. The smallest absolute Gasteiger partial charge is 0.222 e. The van der Waals surface area contributed by atoms with Gasteiger partial charge in [0.05, 0.1) is 27.7 Å². The van der Waals surface area contributed by atoms with Crippen molar-refractivity contribution in [1.29, 1.82) is 5.26 Å². The van der Waals surface area contributed by atoms with E-state index in [4.69, 9.17) is 5.21 Å². The lowest BCUT2D eigenvalue weighted by Crippen LogP contribution is -2.10. The van der Waals surface area contributed by atoms with Crippen molar-refractivity contribution in [1.82, 2.24) is 15.0 Å². The SMILES string of the molecule is N#CC(c1ccnc(NCCc2ccc(N([O-])O)cc2)n1)c1nc2ccccc2s1. The second kappa shape index (κ2) is 8.84. The first-order chi connectivity index (χ1) is 14.6.